The second-order valence-corrected chi connectivity index (χ2v) is 6.16. The van der Waals surface area contributed by atoms with Gasteiger partial charge >= 0.3 is 6.03 Å². The van der Waals surface area contributed by atoms with E-state index in [9.17, 15) is 14.0 Å². The Morgan fingerprint density at radius 1 is 1.23 bits per heavy atom. The molecule has 26 heavy (non-hydrogen) atoms. The van der Waals surface area contributed by atoms with Crippen molar-refractivity contribution in [2.75, 3.05) is 6.54 Å². The fraction of sp³-hybridized carbons (Fsp3) is 0.222. The molecule has 3 amide bonds. The minimum absolute atomic E-state index is 0.101. The molecule has 1 heterocycles. The Kier molecular flexibility index (Phi) is 4.77. The molecule has 0 spiro atoms. The van der Waals surface area contributed by atoms with E-state index in [0.717, 1.165) is 5.56 Å². The van der Waals surface area contributed by atoms with Crippen molar-refractivity contribution >= 4 is 11.9 Å². The Hall–Kier alpha value is -3.13. The first-order chi connectivity index (χ1) is 12.4. The molecular formula is C18H18FN3O4. The second-order valence-electron chi connectivity index (χ2n) is 6.16. The zero-order valence-corrected chi connectivity index (χ0v) is 14.0. The van der Waals surface area contributed by atoms with Crippen molar-refractivity contribution in [2.24, 2.45) is 0 Å². The van der Waals surface area contributed by atoms with Gasteiger partial charge in [0, 0.05) is 6.54 Å². The maximum Gasteiger partial charge on any atom is 0.318 e. The molecule has 1 atom stereocenters. The summed E-state index contributed by atoms with van der Waals surface area (Å²) in [5.74, 6) is 0.0611. The molecule has 7 nitrogen and oxygen atoms in total. The van der Waals surface area contributed by atoms with E-state index in [4.69, 9.17) is 9.94 Å². The number of nitrogens with one attached hydrogen (secondary N) is 2. The van der Waals surface area contributed by atoms with Crippen LogP contribution in [0.1, 0.15) is 12.5 Å². The number of hydrogen-bond donors (Lipinski definition) is 3. The van der Waals surface area contributed by atoms with Crippen molar-refractivity contribution in [1.82, 2.24) is 15.7 Å². The summed E-state index contributed by atoms with van der Waals surface area (Å²) in [6, 6.07) is 12.2. The summed E-state index contributed by atoms with van der Waals surface area (Å²) in [6.07, 6.45) is 0. The normalized spacial score (nSPS) is 19.2. The van der Waals surface area contributed by atoms with E-state index in [1.54, 1.807) is 36.7 Å². The van der Waals surface area contributed by atoms with Gasteiger partial charge in [0.1, 0.15) is 22.9 Å². The lowest BCUT2D eigenvalue weighted by molar-refractivity contribution is -0.138. The second kappa shape index (κ2) is 7.01. The predicted octanol–water partition coefficient (Wildman–Crippen LogP) is 2.41. The lowest BCUT2D eigenvalue weighted by Gasteiger charge is -2.31. The van der Waals surface area contributed by atoms with Gasteiger partial charge < -0.3 is 15.0 Å². The van der Waals surface area contributed by atoms with E-state index < -0.39 is 11.4 Å². The van der Waals surface area contributed by atoms with Crippen LogP contribution in [0.5, 0.6) is 11.5 Å². The molecule has 3 rings (SSSR count). The third kappa shape index (κ3) is 3.45. The molecule has 0 saturated carbocycles. The molecule has 0 unspecified atom stereocenters. The molecule has 0 bridgehead atoms. The van der Waals surface area contributed by atoms with E-state index in [-0.39, 0.29) is 24.9 Å². The molecule has 2 aromatic carbocycles. The summed E-state index contributed by atoms with van der Waals surface area (Å²) in [7, 11) is 0. The van der Waals surface area contributed by atoms with Gasteiger partial charge in [0.2, 0.25) is 0 Å². The highest BCUT2D eigenvalue weighted by atomic mass is 19.1. The van der Waals surface area contributed by atoms with Gasteiger partial charge in [-0.15, -0.1) is 0 Å². The zero-order valence-electron chi connectivity index (χ0n) is 14.0. The van der Waals surface area contributed by atoms with Crippen molar-refractivity contribution in [3.63, 3.8) is 0 Å². The number of benzene rings is 2. The fourth-order valence-corrected chi connectivity index (χ4v) is 2.72. The first-order valence-electron chi connectivity index (χ1n) is 7.95. The first-order valence-corrected chi connectivity index (χ1v) is 7.95. The van der Waals surface area contributed by atoms with Gasteiger partial charge in [-0.25, -0.2) is 14.7 Å². The van der Waals surface area contributed by atoms with Gasteiger partial charge in [-0.2, -0.15) is 0 Å². The molecule has 2 aromatic rings. The maximum absolute atomic E-state index is 12.9. The maximum atomic E-state index is 12.9. The molecule has 3 N–H and O–H groups in total. The molecule has 0 radical (unpaired) electrons. The van der Waals surface area contributed by atoms with Crippen molar-refractivity contribution in [1.29, 1.82) is 0 Å². The third-order valence-electron chi connectivity index (χ3n) is 4.33. The topological polar surface area (TPSA) is 90.9 Å². The van der Waals surface area contributed by atoms with Crippen molar-refractivity contribution in [3.05, 3.63) is 59.9 Å². The third-order valence-corrected chi connectivity index (χ3v) is 4.33. The average Bonchev–Trinajstić information content (AvgIpc) is 2.94. The molecular weight excluding hydrogens is 341 g/mol. The zero-order chi connectivity index (χ0) is 18.7. The van der Waals surface area contributed by atoms with Gasteiger partial charge in [-0.3, -0.25) is 10.0 Å². The van der Waals surface area contributed by atoms with Gasteiger partial charge in [0.25, 0.3) is 5.91 Å². The van der Waals surface area contributed by atoms with Crippen LogP contribution >= 0.6 is 0 Å². The number of amides is 3. The smallest absolute Gasteiger partial charge is 0.318 e. The summed E-state index contributed by atoms with van der Waals surface area (Å²) >= 11 is 0. The fourth-order valence-electron chi connectivity index (χ4n) is 2.72. The molecule has 0 aromatic heterocycles. The first kappa shape index (κ1) is 17.7. The van der Waals surface area contributed by atoms with E-state index >= 15 is 0 Å². The molecule has 0 aliphatic carbocycles. The number of ether oxygens (including phenoxy) is 1. The Balaban J connectivity index is 1.71. The van der Waals surface area contributed by atoms with E-state index in [1.807, 2.05) is 0 Å². The number of hydrogen-bond acceptors (Lipinski definition) is 4. The van der Waals surface area contributed by atoms with Crippen LogP contribution in [-0.2, 0) is 11.3 Å². The van der Waals surface area contributed by atoms with Gasteiger partial charge in [0.05, 0.1) is 6.54 Å². The highest BCUT2D eigenvalue weighted by Crippen LogP contribution is 2.26. The number of carbonyl (C=O) groups excluding carboxylic acids is 2. The molecule has 1 aliphatic rings. The lowest BCUT2D eigenvalue weighted by atomic mass is 10.0. The monoisotopic (exact) mass is 359 g/mol. The van der Waals surface area contributed by atoms with Crippen molar-refractivity contribution in [2.45, 2.75) is 19.0 Å². The number of halogens is 1. The Bertz CT molecular complexity index is 810. The number of nitrogens with zero attached hydrogens (tertiary/aromatic N) is 1. The van der Waals surface area contributed by atoms with Crippen LogP contribution in [-0.4, -0.2) is 34.1 Å². The minimum atomic E-state index is -1.19. The SMILES string of the molecule is C[C@]1(C(=O)NO)CNC(=O)N1Cc1ccc(Oc2ccc(F)cc2)cc1. The van der Waals surface area contributed by atoms with Gasteiger partial charge in [0.15, 0.2) is 0 Å². The van der Waals surface area contributed by atoms with E-state index in [0.29, 0.717) is 11.5 Å². The van der Waals surface area contributed by atoms with Crippen molar-refractivity contribution in [3.8, 4) is 11.5 Å². The average molecular weight is 359 g/mol. The van der Waals surface area contributed by atoms with Crippen LogP contribution < -0.4 is 15.5 Å². The Morgan fingerprint density at radius 3 is 2.38 bits per heavy atom. The quantitative estimate of drug-likeness (QED) is 0.565. The Labute approximate surface area is 149 Å². The van der Waals surface area contributed by atoms with Crippen molar-refractivity contribution < 1.29 is 23.9 Å². The molecule has 1 aliphatic heterocycles. The molecule has 1 saturated heterocycles. The van der Waals surface area contributed by atoms with E-state index in [1.165, 1.54) is 29.2 Å². The summed E-state index contributed by atoms with van der Waals surface area (Å²) in [4.78, 5) is 25.3. The summed E-state index contributed by atoms with van der Waals surface area (Å²) in [5, 5.41) is 11.5. The van der Waals surface area contributed by atoms with Crippen LogP contribution in [0.4, 0.5) is 9.18 Å². The Morgan fingerprint density at radius 2 is 1.81 bits per heavy atom. The highest BCUT2D eigenvalue weighted by Gasteiger charge is 2.47. The molecule has 8 heteroatoms. The number of rotatable bonds is 5. The van der Waals surface area contributed by atoms with Crippen LogP contribution in [0.25, 0.3) is 0 Å². The highest BCUT2D eigenvalue weighted by molar-refractivity contribution is 5.93. The molecule has 1 fully saturated rings. The largest absolute Gasteiger partial charge is 0.457 e. The number of carbonyl (C=O) groups is 2. The summed E-state index contributed by atoms with van der Waals surface area (Å²) in [6.45, 7) is 1.86. The molecule has 136 valence electrons. The van der Waals surface area contributed by atoms with Crippen LogP contribution in [0.3, 0.4) is 0 Å². The van der Waals surface area contributed by atoms with Crippen LogP contribution in [0.2, 0.25) is 0 Å². The number of hydroxylamine groups is 1. The van der Waals surface area contributed by atoms with Crippen LogP contribution in [0, 0.1) is 5.82 Å². The summed E-state index contributed by atoms with van der Waals surface area (Å²) < 4.78 is 18.5. The predicted molar refractivity (Wildman–Crippen MR) is 90.2 cm³/mol. The number of urea groups is 1. The lowest BCUT2D eigenvalue weighted by Crippen LogP contribution is -2.55. The minimum Gasteiger partial charge on any atom is -0.457 e. The van der Waals surface area contributed by atoms with Gasteiger partial charge in [-0.05, 0) is 48.9 Å². The van der Waals surface area contributed by atoms with Crippen LogP contribution in [0.15, 0.2) is 48.5 Å². The van der Waals surface area contributed by atoms with E-state index in [2.05, 4.69) is 5.32 Å². The summed E-state index contributed by atoms with van der Waals surface area (Å²) in [5.41, 5.74) is 1.20. The standard InChI is InChI=1S/C18H18FN3O4/c1-18(16(23)21-25)11-20-17(24)22(18)10-12-2-6-14(7-3-12)26-15-8-4-13(19)5-9-15/h2-9,25H,10-11H2,1H3,(H,20,24)(H,21,23)/t18-/m1/s1. The van der Waals surface area contributed by atoms with Gasteiger partial charge in [-0.1, -0.05) is 12.1 Å².